The molecule has 0 radical (unpaired) electrons. The van der Waals surface area contributed by atoms with Crippen LogP contribution in [0.5, 0.6) is 5.75 Å². The molecule has 27 heavy (non-hydrogen) atoms. The van der Waals surface area contributed by atoms with Crippen LogP contribution in [0.25, 0.3) is 5.69 Å². The third kappa shape index (κ3) is 4.87. The Balaban J connectivity index is 1.53. The van der Waals surface area contributed by atoms with Gasteiger partial charge in [0.15, 0.2) is 6.61 Å². The van der Waals surface area contributed by atoms with Crippen molar-refractivity contribution in [3.8, 4) is 11.4 Å². The molecule has 140 valence electrons. The highest BCUT2D eigenvalue weighted by Gasteiger charge is 2.34. The highest BCUT2D eigenvalue weighted by Crippen LogP contribution is 2.35. The molecule has 0 aliphatic heterocycles. The monoisotopic (exact) mass is 375 g/mol. The Hall–Kier alpha value is -3.29. The number of rotatable bonds is 6. The van der Waals surface area contributed by atoms with Crippen molar-refractivity contribution < 1.29 is 22.7 Å². The average Bonchev–Trinajstić information content (AvgIpc) is 3.14. The molecule has 0 fully saturated rings. The Morgan fingerprint density at radius 1 is 1.07 bits per heavy atom. The molecule has 1 aromatic heterocycles. The predicted molar refractivity (Wildman–Crippen MR) is 92.3 cm³/mol. The van der Waals surface area contributed by atoms with Crippen molar-refractivity contribution in [3.05, 3.63) is 78.1 Å². The van der Waals surface area contributed by atoms with Gasteiger partial charge in [0, 0.05) is 18.3 Å². The first-order valence-corrected chi connectivity index (χ1v) is 8.08. The fraction of sp³-hybridized carbons (Fsp3) is 0.158. The number of alkyl halides is 3. The number of nitrogens with zero attached hydrogens (tertiary/aromatic N) is 2. The number of hydrogen-bond donors (Lipinski definition) is 1. The van der Waals surface area contributed by atoms with E-state index in [1.807, 2.05) is 30.3 Å². The van der Waals surface area contributed by atoms with E-state index in [0.29, 0.717) is 0 Å². The van der Waals surface area contributed by atoms with E-state index in [0.717, 1.165) is 17.3 Å². The second-order valence-corrected chi connectivity index (χ2v) is 5.69. The second kappa shape index (κ2) is 7.94. The van der Waals surface area contributed by atoms with E-state index in [2.05, 4.69) is 10.4 Å². The summed E-state index contributed by atoms with van der Waals surface area (Å²) in [7, 11) is 0. The van der Waals surface area contributed by atoms with E-state index in [1.54, 1.807) is 17.1 Å². The van der Waals surface area contributed by atoms with Gasteiger partial charge in [-0.3, -0.25) is 4.79 Å². The Labute approximate surface area is 153 Å². The Morgan fingerprint density at radius 3 is 2.52 bits per heavy atom. The van der Waals surface area contributed by atoms with Gasteiger partial charge in [-0.05, 0) is 24.3 Å². The topological polar surface area (TPSA) is 56.1 Å². The van der Waals surface area contributed by atoms with Crippen LogP contribution in [0.3, 0.4) is 0 Å². The van der Waals surface area contributed by atoms with Crippen molar-refractivity contribution in [3.63, 3.8) is 0 Å². The molecule has 2 aromatic carbocycles. The van der Waals surface area contributed by atoms with Gasteiger partial charge in [0.05, 0.1) is 17.4 Å². The highest BCUT2D eigenvalue weighted by molar-refractivity contribution is 5.77. The normalized spacial score (nSPS) is 11.2. The van der Waals surface area contributed by atoms with Crippen LogP contribution in [0, 0.1) is 0 Å². The average molecular weight is 375 g/mol. The molecule has 8 heteroatoms. The van der Waals surface area contributed by atoms with Gasteiger partial charge >= 0.3 is 6.18 Å². The minimum absolute atomic E-state index is 0.190. The molecule has 1 amide bonds. The van der Waals surface area contributed by atoms with Gasteiger partial charge in [0.25, 0.3) is 5.91 Å². The summed E-state index contributed by atoms with van der Waals surface area (Å²) < 4.78 is 45.4. The number of nitrogens with one attached hydrogen (secondary N) is 1. The Bertz CT molecular complexity index is 908. The lowest BCUT2D eigenvalue weighted by Gasteiger charge is -2.13. The summed E-state index contributed by atoms with van der Waals surface area (Å²) in [5.41, 5.74) is 0.715. The lowest BCUT2D eigenvalue weighted by molar-refractivity contribution is -0.139. The molecule has 0 aliphatic carbocycles. The summed E-state index contributed by atoms with van der Waals surface area (Å²) in [6.07, 6.45) is -1.18. The van der Waals surface area contributed by atoms with Crippen molar-refractivity contribution in [2.75, 3.05) is 6.61 Å². The van der Waals surface area contributed by atoms with Crippen LogP contribution in [0.15, 0.2) is 67.0 Å². The van der Waals surface area contributed by atoms with Crippen molar-refractivity contribution in [1.29, 1.82) is 0 Å². The lowest BCUT2D eigenvalue weighted by Crippen LogP contribution is -2.28. The maximum absolute atomic E-state index is 12.9. The quantitative estimate of drug-likeness (QED) is 0.716. The van der Waals surface area contributed by atoms with Crippen LogP contribution in [-0.2, 0) is 17.5 Å². The Morgan fingerprint density at radius 2 is 1.78 bits per heavy atom. The maximum atomic E-state index is 12.9. The molecule has 3 rings (SSSR count). The largest absolute Gasteiger partial charge is 0.483 e. The van der Waals surface area contributed by atoms with E-state index in [1.165, 1.54) is 18.2 Å². The number of carbonyl (C=O) groups is 1. The zero-order chi connectivity index (χ0) is 19.3. The second-order valence-electron chi connectivity index (χ2n) is 5.69. The van der Waals surface area contributed by atoms with Crippen LogP contribution in [0.1, 0.15) is 11.1 Å². The molecule has 0 saturated heterocycles. The first-order valence-electron chi connectivity index (χ1n) is 8.08. The SMILES string of the molecule is O=C(COc1ccccc1C(F)(F)F)NCc1cnn(-c2ccccc2)c1. The number of amides is 1. The van der Waals surface area contributed by atoms with Gasteiger partial charge < -0.3 is 10.1 Å². The molecular weight excluding hydrogens is 359 g/mol. The summed E-state index contributed by atoms with van der Waals surface area (Å²) in [5, 5.41) is 6.80. The molecule has 3 aromatic rings. The third-order valence-electron chi connectivity index (χ3n) is 3.70. The summed E-state index contributed by atoms with van der Waals surface area (Å²) >= 11 is 0. The van der Waals surface area contributed by atoms with Crippen molar-refractivity contribution >= 4 is 5.91 Å². The fourth-order valence-corrected chi connectivity index (χ4v) is 2.39. The van der Waals surface area contributed by atoms with Crippen LogP contribution in [0.4, 0.5) is 13.2 Å². The molecule has 1 heterocycles. The molecule has 0 atom stereocenters. The van der Waals surface area contributed by atoms with Crippen LogP contribution < -0.4 is 10.1 Å². The van der Waals surface area contributed by atoms with Gasteiger partial charge in [-0.25, -0.2) is 4.68 Å². The summed E-state index contributed by atoms with van der Waals surface area (Å²) in [6.45, 7) is -0.324. The molecule has 1 N–H and O–H groups in total. The van der Waals surface area contributed by atoms with Crippen molar-refractivity contribution in [2.24, 2.45) is 0 Å². The lowest BCUT2D eigenvalue weighted by atomic mass is 10.2. The van der Waals surface area contributed by atoms with Gasteiger partial charge in [-0.1, -0.05) is 30.3 Å². The molecule has 0 unspecified atom stereocenters. The zero-order valence-electron chi connectivity index (χ0n) is 14.1. The van der Waals surface area contributed by atoms with E-state index >= 15 is 0 Å². The summed E-state index contributed by atoms with van der Waals surface area (Å²) in [5.74, 6) is -0.906. The standard InChI is InChI=1S/C19H16F3N3O2/c20-19(21,22)16-8-4-5-9-17(16)27-13-18(26)23-10-14-11-24-25(12-14)15-6-2-1-3-7-15/h1-9,11-12H,10,13H2,(H,23,26). The van der Waals surface area contributed by atoms with Crippen molar-refractivity contribution in [2.45, 2.75) is 12.7 Å². The number of benzene rings is 2. The van der Waals surface area contributed by atoms with Gasteiger partial charge in [0.2, 0.25) is 0 Å². The number of ether oxygens (including phenoxy) is 1. The number of halogens is 3. The minimum Gasteiger partial charge on any atom is -0.483 e. The van der Waals surface area contributed by atoms with E-state index in [4.69, 9.17) is 4.74 Å². The van der Waals surface area contributed by atoms with Gasteiger partial charge in [-0.15, -0.1) is 0 Å². The smallest absolute Gasteiger partial charge is 0.419 e. The van der Waals surface area contributed by atoms with Gasteiger partial charge in [0.1, 0.15) is 5.75 Å². The zero-order valence-corrected chi connectivity index (χ0v) is 14.1. The third-order valence-corrected chi connectivity index (χ3v) is 3.70. The number of para-hydroxylation sites is 2. The fourth-order valence-electron chi connectivity index (χ4n) is 2.39. The predicted octanol–water partition coefficient (Wildman–Crippen LogP) is 3.59. The van der Waals surface area contributed by atoms with E-state index in [-0.39, 0.29) is 12.3 Å². The number of carbonyl (C=O) groups excluding carboxylic acids is 1. The molecule has 0 saturated carbocycles. The van der Waals surface area contributed by atoms with Crippen LogP contribution in [-0.4, -0.2) is 22.3 Å². The molecule has 5 nitrogen and oxygen atoms in total. The summed E-state index contributed by atoms with van der Waals surface area (Å²) in [6, 6.07) is 14.2. The van der Waals surface area contributed by atoms with E-state index < -0.39 is 24.3 Å². The number of hydrogen-bond acceptors (Lipinski definition) is 3. The molecule has 0 bridgehead atoms. The maximum Gasteiger partial charge on any atom is 0.419 e. The molecule has 0 aliphatic rings. The Kier molecular flexibility index (Phi) is 5.44. The first-order chi connectivity index (χ1) is 12.9. The molecule has 0 spiro atoms. The summed E-state index contributed by atoms with van der Waals surface area (Å²) in [4.78, 5) is 11.9. The van der Waals surface area contributed by atoms with Crippen LogP contribution in [0.2, 0.25) is 0 Å². The van der Waals surface area contributed by atoms with Crippen molar-refractivity contribution in [1.82, 2.24) is 15.1 Å². The first kappa shape index (κ1) is 18.5. The minimum atomic E-state index is -4.54. The van der Waals surface area contributed by atoms with Crippen LogP contribution >= 0.6 is 0 Å². The molecular formula is C19H16F3N3O2. The van der Waals surface area contributed by atoms with E-state index in [9.17, 15) is 18.0 Å². The van der Waals surface area contributed by atoms with Gasteiger partial charge in [-0.2, -0.15) is 18.3 Å². The number of aromatic nitrogens is 2. The highest BCUT2D eigenvalue weighted by atomic mass is 19.4.